The lowest BCUT2D eigenvalue weighted by atomic mass is 10.1. The van der Waals surface area contributed by atoms with Gasteiger partial charge in [0.15, 0.2) is 17.6 Å². The van der Waals surface area contributed by atoms with Crippen LogP contribution in [0.2, 0.25) is 0 Å². The Bertz CT molecular complexity index is 478. The molecule has 21 heavy (non-hydrogen) atoms. The Morgan fingerprint density at radius 1 is 1.48 bits per heavy atom. The maximum Gasteiger partial charge on any atom is 0.190 e. The molecule has 6 nitrogen and oxygen atoms in total. The minimum absolute atomic E-state index is 0.0803. The third-order valence-electron chi connectivity index (χ3n) is 3.34. The van der Waals surface area contributed by atoms with Crippen molar-refractivity contribution in [2.24, 2.45) is 5.16 Å². The van der Waals surface area contributed by atoms with Crippen LogP contribution in [-0.2, 0) is 4.84 Å². The van der Waals surface area contributed by atoms with Gasteiger partial charge in [-0.25, -0.2) is 0 Å². The quantitative estimate of drug-likeness (QED) is 0.369. The molecule has 1 aliphatic rings. The fraction of sp³-hybridized carbons (Fsp3) is 0.571. The molecule has 0 aliphatic carbocycles. The third kappa shape index (κ3) is 5.49. The van der Waals surface area contributed by atoms with Crippen molar-refractivity contribution in [2.75, 3.05) is 26.2 Å². The molecule has 1 atom stereocenters. The van der Waals surface area contributed by atoms with Gasteiger partial charge in [0.1, 0.15) is 12.7 Å². The molecule has 2 rings (SSSR count). The summed E-state index contributed by atoms with van der Waals surface area (Å²) in [5.74, 6) is 0. The second kappa shape index (κ2) is 8.17. The highest BCUT2D eigenvalue weighted by molar-refractivity contribution is 6.69. The highest BCUT2D eigenvalue weighted by Crippen LogP contribution is 2.09. The van der Waals surface area contributed by atoms with Gasteiger partial charge in [0.05, 0.1) is 5.56 Å². The zero-order valence-corrected chi connectivity index (χ0v) is 12.6. The van der Waals surface area contributed by atoms with Gasteiger partial charge >= 0.3 is 0 Å². The van der Waals surface area contributed by atoms with E-state index in [2.05, 4.69) is 10.1 Å². The fourth-order valence-electron chi connectivity index (χ4n) is 2.30. The lowest BCUT2D eigenvalue weighted by Crippen LogP contribution is -2.38. The number of pyridine rings is 1. The van der Waals surface area contributed by atoms with Gasteiger partial charge < -0.3 is 20.1 Å². The van der Waals surface area contributed by atoms with E-state index in [1.807, 2.05) is 0 Å². The van der Waals surface area contributed by atoms with Crippen molar-refractivity contribution < 1.29 is 14.7 Å². The largest absolute Gasteiger partial charge is 0.619 e. The van der Waals surface area contributed by atoms with Gasteiger partial charge in [0, 0.05) is 12.6 Å². The van der Waals surface area contributed by atoms with Crippen LogP contribution >= 0.6 is 11.6 Å². The van der Waals surface area contributed by atoms with E-state index >= 15 is 0 Å². The topological polar surface area (TPSA) is 72.0 Å². The number of aromatic nitrogens is 1. The Balaban J connectivity index is 1.75. The zero-order valence-electron chi connectivity index (χ0n) is 11.8. The smallest absolute Gasteiger partial charge is 0.190 e. The Morgan fingerprint density at radius 3 is 2.95 bits per heavy atom. The minimum Gasteiger partial charge on any atom is -0.619 e. The first kappa shape index (κ1) is 16.0. The Kier molecular flexibility index (Phi) is 6.22. The summed E-state index contributed by atoms with van der Waals surface area (Å²) in [6, 6.07) is 3.24. The normalized spacial score (nSPS) is 18.5. The molecule has 1 aromatic rings. The van der Waals surface area contributed by atoms with E-state index in [-0.39, 0.29) is 11.8 Å². The van der Waals surface area contributed by atoms with Gasteiger partial charge in [0.2, 0.25) is 0 Å². The lowest BCUT2D eigenvalue weighted by molar-refractivity contribution is -0.605. The maximum absolute atomic E-state index is 11.1. The molecule has 0 saturated carbocycles. The van der Waals surface area contributed by atoms with Gasteiger partial charge in [0.25, 0.3) is 0 Å². The number of rotatable bonds is 6. The molecule has 7 heteroatoms. The van der Waals surface area contributed by atoms with E-state index < -0.39 is 6.10 Å². The number of β-amino-alcohol motifs (C(OH)–C–C–N with tert-alkyl or cyclic N) is 1. The molecular weight excluding hydrogens is 294 g/mol. The molecule has 1 aliphatic heterocycles. The molecule has 2 heterocycles. The summed E-state index contributed by atoms with van der Waals surface area (Å²) in [4.78, 5) is 7.28. The van der Waals surface area contributed by atoms with E-state index in [9.17, 15) is 10.3 Å². The summed E-state index contributed by atoms with van der Waals surface area (Å²) in [6.07, 6.45) is 5.69. The maximum atomic E-state index is 11.1. The first-order chi connectivity index (χ1) is 10.1. The van der Waals surface area contributed by atoms with Crippen molar-refractivity contribution >= 4 is 16.8 Å². The summed E-state index contributed by atoms with van der Waals surface area (Å²) in [5.41, 5.74) is 0.472. The highest BCUT2D eigenvalue weighted by atomic mass is 35.5. The van der Waals surface area contributed by atoms with Gasteiger partial charge in [-0.1, -0.05) is 23.2 Å². The Hall–Kier alpha value is -1.37. The monoisotopic (exact) mass is 313 g/mol. The molecule has 1 unspecified atom stereocenters. The number of aliphatic hydroxyl groups excluding tert-OH is 1. The van der Waals surface area contributed by atoms with Crippen molar-refractivity contribution in [3.05, 3.63) is 35.3 Å². The number of halogens is 1. The second-order valence-electron chi connectivity index (χ2n) is 5.15. The minimum atomic E-state index is -0.600. The van der Waals surface area contributed by atoms with E-state index in [0.717, 1.165) is 13.1 Å². The number of likely N-dealkylation sites (tertiary alicyclic amines) is 1. The summed E-state index contributed by atoms with van der Waals surface area (Å²) in [6.45, 7) is 2.71. The van der Waals surface area contributed by atoms with Crippen LogP contribution in [-0.4, -0.2) is 47.5 Å². The molecule has 0 spiro atoms. The molecular formula is C14H20ClN3O3. The van der Waals surface area contributed by atoms with E-state index in [0.29, 0.717) is 16.8 Å². The molecule has 1 N–H and O–H groups in total. The van der Waals surface area contributed by atoms with Crippen molar-refractivity contribution in [2.45, 2.75) is 25.4 Å². The van der Waals surface area contributed by atoms with Crippen molar-refractivity contribution in [1.29, 1.82) is 0 Å². The number of oxime groups is 1. The average Bonchev–Trinajstić information content (AvgIpc) is 2.48. The second-order valence-corrected chi connectivity index (χ2v) is 5.50. The van der Waals surface area contributed by atoms with Crippen LogP contribution in [0.25, 0.3) is 0 Å². The molecule has 116 valence electrons. The Morgan fingerprint density at radius 2 is 2.24 bits per heavy atom. The molecule has 0 aromatic carbocycles. The SMILES string of the molecule is [O-][n+]1cccc(C(Cl)=NOCC(O)CN2CCCCC2)c1. The number of piperidine rings is 1. The number of aliphatic hydroxyl groups is 1. The van der Waals surface area contributed by atoms with Crippen molar-refractivity contribution in [1.82, 2.24) is 4.90 Å². The van der Waals surface area contributed by atoms with Crippen LogP contribution in [0.3, 0.4) is 0 Å². The van der Waals surface area contributed by atoms with Crippen LogP contribution < -0.4 is 4.73 Å². The standard InChI is InChI=1S/C14H20ClN3O3/c15-14(12-5-4-8-18(20)9-12)16-21-11-13(19)10-17-6-2-1-3-7-17/h4-5,8-9,13,19H,1-3,6-7,10-11H2. The van der Waals surface area contributed by atoms with E-state index in [1.54, 1.807) is 12.1 Å². The average molecular weight is 314 g/mol. The van der Waals surface area contributed by atoms with Crippen LogP contribution in [0.4, 0.5) is 0 Å². The molecule has 0 bridgehead atoms. The predicted molar refractivity (Wildman–Crippen MR) is 80.0 cm³/mol. The summed E-state index contributed by atoms with van der Waals surface area (Å²) in [7, 11) is 0. The molecule has 0 amide bonds. The predicted octanol–water partition coefficient (Wildman–Crippen LogP) is 1.08. The highest BCUT2D eigenvalue weighted by Gasteiger charge is 2.15. The van der Waals surface area contributed by atoms with Crippen LogP contribution in [0.15, 0.2) is 29.7 Å². The van der Waals surface area contributed by atoms with Gasteiger partial charge in [-0.3, -0.25) is 0 Å². The molecule has 1 fully saturated rings. The molecule has 1 aromatic heterocycles. The van der Waals surface area contributed by atoms with Gasteiger partial charge in [-0.05, 0) is 32.0 Å². The van der Waals surface area contributed by atoms with Crippen molar-refractivity contribution in [3.8, 4) is 0 Å². The summed E-state index contributed by atoms with van der Waals surface area (Å²) < 4.78 is 0.637. The van der Waals surface area contributed by atoms with E-state index in [4.69, 9.17) is 16.4 Å². The van der Waals surface area contributed by atoms with Gasteiger partial charge in [-0.15, -0.1) is 0 Å². The van der Waals surface area contributed by atoms with Crippen LogP contribution in [0.1, 0.15) is 24.8 Å². The van der Waals surface area contributed by atoms with Gasteiger partial charge in [-0.2, -0.15) is 4.73 Å². The number of nitrogens with zero attached hydrogens (tertiary/aromatic N) is 3. The van der Waals surface area contributed by atoms with Crippen molar-refractivity contribution in [3.63, 3.8) is 0 Å². The summed E-state index contributed by atoms with van der Waals surface area (Å²) in [5, 5.41) is 24.8. The lowest BCUT2D eigenvalue weighted by Gasteiger charge is -2.27. The third-order valence-corrected chi connectivity index (χ3v) is 3.63. The fourth-order valence-corrected chi connectivity index (χ4v) is 2.46. The number of hydrogen-bond acceptors (Lipinski definition) is 5. The summed E-state index contributed by atoms with van der Waals surface area (Å²) >= 11 is 5.93. The number of hydrogen-bond donors (Lipinski definition) is 1. The first-order valence-corrected chi connectivity index (χ1v) is 7.48. The molecule has 0 radical (unpaired) electrons. The van der Waals surface area contributed by atoms with E-state index in [1.165, 1.54) is 31.7 Å². The Labute approximate surface area is 129 Å². The van der Waals surface area contributed by atoms with Crippen LogP contribution in [0.5, 0.6) is 0 Å². The molecule has 1 saturated heterocycles. The zero-order chi connectivity index (χ0) is 15.1. The van der Waals surface area contributed by atoms with Crippen LogP contribution in [0, 0.1) is 5.21 Å². The first-order valence-electron chi connectivity index (χ1n) is 7.10.